The van der Waals surface area contributed by atoms with E-state index < -0.39 is 0 Å². The van der Waals surface area contributed by atoms with Gasteiger partial charge in [-0.3, -0.25) is 0 Å². The first-order chi connectivity index (χ1) is 22.6. The summed E-state index contributed by atoms with van der Waals surface area (Å²) in [6, 6.07) is 23.9. The first-order valence-electron chi connectivity index (χ1n) is 18.0. The average molecular weight is 631 g/mol. The van der Waals surface area contributed by atoms with Gasteiger partial charge in [-0.15, -0.1) is 0 Å². The number of carbonyl (C=O) groups excluding carboxylic acids is 1. The molecule has 1 N–H and O–H groups in total. The molecule has 0 bridgehead atoms. The number of ether oxygens (including phenoxy) is 3. The van der Waals surface area contributed by atoms with Gasteiger partial charge < -0.3 is 19.3 Å². The van der Waals surface area contributed by atoms with Crippen molar-refractivity contribution in [2.75, 3.05) is 13.2 Å². The first kappa shape index (κ1) is 37.2. The summed E-state index contributed by atoms with van der Waals surface area (Å²) in [5.74, 6) is 1.45. The van der Waals surface area contributed by atoms with E-state index in [1.807, 2.05) is 55.5 Å². The van der Waals surface area contributed by atoms with E-state index in [9.17, 15) is 4.79 Å². The highest BCUT2D eigenvalue weighted by Gasteiger charge is 2.12. The maximum Gasteiger partial charge on any atom is 0.338 e. The zero-order valence-electron chi connectivity index (χ0n) is 28.5. The molecule has 1 unspecified atom stereocenters. The molecule has 5 heteroatoms. The summed E-state index contributed by atoms with van der Waals surface area (Å²) >= 11 is 0. The second-order valence-electron chi connectivity index (χ2n) is 12.6. The van der Waals surface area contributed by atoms with Gasteiger partial charge in [0.05, 0.1) is 18.3 Å². The number of hydrogen-bond acceptors (Lipinski definition) is 5. The van der Waals surface area contributed by atoms with Crippen LogP contribution < -0.4 is 9.47 Å². The third-order valence-electron chi connectivity index (χ3n) is 8.48. The monoisotopic (exact) mass is 630 g/mol. The van der Waals surface area contributed by atoms with Crippen LogP contribution in [0, 0.1) is 0 Å². The average Bonchev–Trinajstić information content (AvgIpc) is 3.08. The molecular weight excluding hydrogens is 572 g/mol. The molecule has 0 aliphatic carbocycles. The van der Waals surface area contributed by atoms with Crippen LogP contribution >= 0.6 is 0 Å². The van der Waals surface area contributed by atoms with E-state index >= 15 is 0 Å². The van der Waals surface area contributed by atoms with E-state index in [4.69, 9.17) is 19.3 Å². The van der Waals surface area contributed by atoms with Crippen molar-refractivity contribution in [3.8, 4) is 22.6 Å². The molecule has 0 saturated carbocycles. The summed E-state index contributed by atoms with van der Waals surface area (Å²) in [5, 5.41) is 8.83. The van der Waals surface area contributed by atoms with Crippen LogP contribution in [0.2, 0.25) is 0 Å². The third-order valence-corrected chi connectivity index (χ3v) is 8.48. The van der Waals surface area contributed by atoms with E-state index in [1.54, 1.807) is 0 Å². The molecule has 0 amide bonds. The Morgan fingerprint density at radius 2 is 1.11 bits per heavy atom. The molecule has 1 atom stereocenters. The van der Waals surface area contributed by atoms with E-state index in [1.165, 1.54) is 70.6 Å². The molecule has 3 aromatic carbocycles. The van der Waals surface area contributed by atoms with Gasteiger partial charge in [-0.1, -0.05) is 120 Å². The summed E-state index contributed by atoms with van der Waals surface area (Å²) in [6.07, 6.45) is 19.1. The van der Waals surface area contributed by atoms with Gasteiger partial charge in [-0.05, 0) is 85.7 Å². The summed E-state index contributed by atoms with van der Waals surface area (Å²) in [7, 11) is 0. The van der Waals surface area contributed by atoms with Crippen molar-refractivity contribution in [2.45, 2.75) is 129 Å². The standard InChI is InChI=1S/C41H58O5/c1-3-4-5-6-9-12-15-18-34(2)46-41(43)38-21-19-35(20-22-38)33-45-40-29-25-37(26-30-40)36-23-27-39(28-24-36)44-32-17-14-11-8-7-10-13-16-31-42/h19-30,34,42H,3-18,31-33H2,1-2H3. The predicted molar refractivity (Wildman–Crippen MR) is 190 cm³/mol. The number of carbonyl (C=O) groups is 1. The summed E-state index contributed by atoms with van der Waals surface area (Å²) < 4.78 is 17.6. The van der Waals surface area contributed by atoms with E-state index in [-0.39, 0.29) is 12.1 Å². The van der Waals surface area contributed by atoms with Gasteiger partial charge in [0.15, 0.2) is 0 Å². The maximum atomic E-state index is 12.6. The topological polar surface area (TPSA) is 65.0 Å². The second kappa shape index (κ2) is 23.1. The molecule has 0 aliphatic heterocycles. The SMILES string of the molecule is CCCCCCCCCC(C)OC(=O)c1ccc(COc2ccc(-c3ccc(OCCCCCCCCCCO)cc3)cc2)cc1. The molecule has 0 spiro atoms. The molecule has 3 aromatic rings. The minimum Gasteiger partial charge on any atom is -0.494 e. The van der Waals surface area contributed by atoms with Crippen LogP contribution in [0.25, 0.3) is 11.1 Å². The van der Waals surface area contributed by atoms with Gasteiger partial charge in [0.2, 0.25) is 0 Å². The maximum absolute atomic E-state index is 12.6. The fourth-order valence-corrected chi connectivity index (χ4v) is 5.55. The van der Waals surface area contributed by atoms with Crippen molar-refractivity contribution < 1.29 is 24.1 Å². The van der Waals surface area contributed by atoms with Gasteiger partial charge in [0, 0.05) is 6.61 Å². The largest absolute Gasteiger partial charge is 0.494 e. The van der Waals surface area contributed by atoms with Crippen molar-refractivity contribution in [3.63, 3.8) is 0 Å². The van der Waals surface area contributed by atoms with Crippen molar-refractivity contribution >= 4 is 5.97 Å². The Kier molecular flexibility index (Phi) is 18.6. The Bertz CT molecular complexity index is 1190. The Balaban J connectivity index is 1.31. The van der Waals surface area contributed by atoms with Gasteiger partial charge in [0.25, 0.3) is 0 Å². The Labute approximate surface area is 278 Å². The summed E-state index contributed by atoms with van der Waals surface area (Å²) in [4.78, 5) is 12.6. The molecule has 3 rings (SSSR count). The normalized spacial score (nSPS) is 11.7. The molecule has 0 aromatic heterocycles. The van der Waals surface area contributed by atoms with Crippen LogP contribution in [0.3, 0.4) is 0 Å². The molecule has 0 saturated heterocycles. The predicted octanol–water partition coefficient (Wildman–Crippen LogP) is 11.1. The fourth-order valence-electron chi connectivity index (χ4n) is 5.55. The molecule has 0 radical (unpaired) electrons. The van der Waals surface area contributed by atoms with Gasteiger partial charge >= 0.3 is 5.97 Å². The molecule has 252 valence electrons. The highest BCUT2D eigenvalue weighted by Crippen LogP contribution is 2.25. The lowest BCUT2D eigenvalue weighted by Gasteiger charge is -2.13. The summed E-state index contributed by atoms with van der Waals surface area (Å²) in [5.41, 5.74) is 3.84. The number of hydrogen-bond donors (Lipinski definition) is 1. The van der Waals surface area contributed by atoms with Crippen molar-refractivity contribution in [3.05, 3.63) is 83.9 Å². The van der Waals surface area contributed by atoms with Crippen molar-refractivity contribution in [1.29, 1.82) is 0 Å². The Morgan fingerprint density at radius 1 is 0.609 bits per heavy atom. The lowest BCUT2D eigenvalue weighted by atomic mass is 10.1. The van der Waals surface area contributed by atoms with Crippen LogP contribution in [0.5, 0.6) is 11.5 Å². The molecule has 46 heavy (non-hydrogen) atoms. The molecule has 5 nitrogen and oxygen atoms in total. The van der Waals surface area contributed by atoms with Crippen LogP contribution in [0.1, 0.15) is 133 Å². The minimum atomic E-state index is -0.258. The fraction of sp³-hybridized carbons (Fsp3) is 0.537. The number of esters is 1. The number of aliphatic hydroxyl groups excluding tert-OH is 1. The molecule has 0 aliphatic rings. The number of aliphatic hydroxyl groups is 1. The first-order valence-corrected chi connectivity index (χ1v) is 18.0. The quantitative estimate of drug-likeness (QED) is 0.0745. The molecular formula is C41H58O5. The van der Waals surface area contributed by atoms with Crippen LogP contribution in [0.15, 0.2) is 72.8 Å². The van der Waals surface area contributed by atoms with Gasteiger partial charge in [-0.2, -0.15) is 0 Å². The van der Waals surface area contributed by atoms with Crippen LogP contribution in [-0.4, -0.2) is 30.4 Å². The number of rotatable bonds is 25. The number of unbranched alkanes of at least 4 members (excludes halogenated alkanes) is 13. The zero-order chi connectivity index (χ0) is 32.7. The summed E-state index contributed by atoms with van der Waals surface area (Å²) in [6.45, 7) is 5.73. The van der Waals surface area contributed by atoms with E-state index in [0.717, 1.165) is 66.9 Å². The second-order valence-corrected chi connectivity index (χ2v) is 12.6. The number of benzene rings is 3. The highest BCUT2D eigenvalue weighted by atomic mass is 16.5. The molecule has 0 fully saturated rings. The third kappa shape index (κ3) is 15.3. The zero-order valence-corrected chi connectivity index (χ0v) is 28.5. The van der Waals surface area contributed by atoms with Gasteiger partial charge in [-0.25, -0.2) is 4.79 Å². The minimum absolute atomic E-state index is 0.0652. The highest BCUT2D eigenvalue weighted by molar-refractivity contribution is 5.89. The van der Waals surface area contributed by atoms with E-state index in [0.29, 0.717) is 18.8 Å². The van der Waals surface area contributed by atoms with Crippen LogP contribution in [0.4, 0.5) is 0 Å². The van der Waals surface area contributed by atoms with Crippen molar-refractivity contribution in [2.24, 2.45) is 0 Å². The lowest BCUT2D eigenvalue weighted by Crippen LogP contribution is -2.15. The Hall–Kier alpha value is -3.31. The smallest absolute Gasteiger partial charge is 0.338 e. The Morgan fingerprint density at radius 3 is 1.67 bits per heavy atom. The van der Waals surface area contributed by atoms with Crippen LogP contribution in [-0.2, 0) is 11.3 Å². The van der Waals surface area contributed by atoms with E-state index in [2.05, 4.69) is 31.2 Å². The van der Waals surface area contributed by atoms with Crippen molar-refractivity contribution in [1.82, 2.24) is 0 Å². The van der Waals surface area contributed by atoms with Gasteiger partial charge in [0.1, 0.15) is 18.1 Å². The lowest BCUT2D eigenvalue weighted by molar-refractivity contribution is 0.0319. The molecule has 0 heterocycles.